The fraction of sp³-hybridized carbons (Fsp3) is 0.933. The number of hydrogen-bond donors (Lipinski definition) is 3. The maximum Gasteiger partial charge on any atom is 0.237 e. The van der Waals surface area contributed by atoms with Crippen LogP contribution in [0.2, 0.25) is 0 Å². The van der Waals surface area contributed by atoms with Crippen LogP contribution in [-0.2, 0) is 9.53 Å². The third kappa shape index (κ3) is 4.17. The van der Waals surface area contributed by atoms with Crippen LogP contribution in [0.1, 0.15) is 44.9 Å². The number of methoxy groups -OCH3 is 1. The number of amides is 1. The van der Waals surface area contributed by atoms with Crippen LogP contribution in [-0.4, -0.2) is 49.5 Å². The minimum Gasteiger partial charge on any atom is -0.396 e. The molecule has 116 valence electrons. The highest BCUT2D eigenvalue weighted by Crippen LogP contribution is 2.32. The minimum atomic E-state index is -0.0941. The van der Waals surface area contributed by atoms with Crippen molar-refractivity contribution in [3.8, 4) is 0 Å². The van der Waals surface area contributed by atoms with Crippen molar-refractivity contribution in [3.63, 3.8) is 0 Å². The Hall–Kier alpha value is -0.650. The van der Waals surface area contributed by atoms with E-state index in [9.17, 15) is 4.79 Å². The molecule has 1 aliphatic carbocycles. The average Bonchev–Trinajstić information content (AvgIpc) is 2.47. The molecule has 0 aromatic carbocycles. The first kappa shape index (κ1) is 15.7. The van der Waals surface area contributed by atoms with Crippen LogP contribution in [0.5, 0.6) is 0 Å². The second kappa shape index (κ2) is 7.96. The lowest BCUT2D eigenvalue weighted by Crippen LogP contribution is -2.56. The van der Waals surface area contributed by atoms with Crippen LogP contribution in [0.15, 0.2) is 0 Å². The van der Waals surface area contributed by atoms with E-state index in [-0.39, 0.29) is 24.6 Å². The maximum atomic E-state index is 12.3. The van der Waals surface area contributed by atoms with Crippen molar-refractivity contribution >= 4 is 5.91 Å². The van der Waals surface area contributed by atoms with Gasteiger partial charge in [-0.05, 0) is 38.0 Å². The summed E-state index contributed by atoms with van der Waals surface area (Å²) in [6, 6.07) is 0.350. The Morgan fingerprint density at radius 1 is 1.35 bits per heavy atom. The molecule has 1 amide bonds. The Labute approximate surface area is 121 Å². The van der Waals surface area contributed by atoms with Gasteiger partial charge in [-0.1, -0.05) is 12.8 Å². The summed E-state index contributed by atoms with van der Waals surface area (Å²) in [5.41, 5.74) is 0. The van der Waals surface area contributed by atoms with E-state index in [1.165, 1.54) is 25.7 Å². The van der Waals surface area contributed by atoms with Gasteiger partial charge in [-0.25, -0.2) is 0 Å². The van der Waals surface area contributed by atoms with Gasteiger partial charge in [-0.15, -0.1) is 0 Å². The van der Waals surface area contributed by atoms with Gasteiger partial charge < -0.3 is 20.5 Å². The molecule has 0 radical (unpaired) electrons. The van der Waals surface area contributed by atoms with E-state index in [1.807, 2.05) is 0 Å². The molecule has 2 aliphatic rings. The predicted octanol–water partition coefficient (Wildman–Crippen LogP) is 0.811. The molecule has 4 atom stereocenters. The molecule has 5 heteroatoms. The second-order valence-electron chi connectivity index (χ2n) is 6.12. The Balaban J connectivity index is 1.82. The van der Waals surface area contributed by atoms with Gasteiger partial charge in [0.15, 0.2) is 0 Å². The van der Waals surface area contributed by atoms with Crippen LogP contribution in [0.3, 0.4) is 0 Å². The first-order valence-corrected chi connectivity index (χ1v) is 7.90. The van der Waals surface area contributed by atoms with Gasteiger partial charge >= 0.3 is 0 Å². The standard InChI is InChI=1S/C15H28N2O3/c1-20-10-12(8-9-18)16-15(19)14-7-6-11-4-2-3-5-13(11)17-14/h11-14,17-18H,2-10H2,1H3,(H,16,19). The molecule has 20 heavy (non-hydrogen) atoms. The summed E-state index contributed by atoms with van der Waals surface area (Å²) in [4.78, 5) is 12.3. The van der Waals surface area contributed by atoms with E-state index in [1.54, 1.807) is 7.11 Å². The number of nitrogens with one attached hydrogen (secondary N) is 2. The number of carbonyl (C=O) groups is 1. The van der Waals surface area contributed by atoms with Crippen LogP contribution in [0.4, 0.5) is 0 Å². The summed E-state index contributed by atoms with van der Waals surface area (Å²) in [6.45, 7) is 0.516. The normalized spacial score (nSPS) is 31.4. The average molecular weight is 284 g/mol. The summed E-state index contributed by atoms with van der Waals surface area (Å²) < 4.78 is 5.08. The zero-order chi connectivity index (χ0) is 14.4. The van der Waals surface area contributed by atoms with E-state index < -0.39 is 0 Å². The summed E-state index contributed by atoms with van der Waals surface area (Å²) >= 11 is 0. The van der Waals surface area contributed by atoms with E-state index in [2.05, 4.69) is 10.6 Å². The molecule has 1 aliphatic heterocycles. The first-order valence-electron chi connectivity index (χ1n) is 7.90. The number of fused-ring (bicyclic) bond motifs is 1. The van der Waals surface area contributed by atoms with E-state index >= 15 is 0 Å². The quantitative estimate of drug-likeness (QED) is 0.675. The predicted molar refractivity (Wildman–Crippen MR) is 77.4 cm³/mol. The molecule has 0 bridgehead atoms. The topological polar surface area (TPSA) is 70.6 Å². The first-order chi connectivity index (χ1) is 9.74. The van der Waals surface area contributed by atoms with E-state index in [4.69, 9.17) is 9.84 Å². The lowest BCUT2D eigenvalue weighted by Gasteiger charge is -2.40. The van der Waals surface area contributed by atoms with E-state index in [0.717, 1.165) is 18.8 Å². The third-order valence-corrected chi connectivity index (χ3v) is 4.66. The van der Waals surface area contributed by atoms with Crippen molar-refractivity contribution in [2.24, 2.45) is 5.92 Å². The smallest absolute Gasteiger partial charge is 0.237 e. The fourth-order valence-corrected chi connectivity index (χ4v) is 3.56. The number of carbonyl (C=O) groups excluding carboxylic acids is 1. The molecule has 0 aromatic rings. The van der Waals surface area contributed by atoms with Gasteiger partial charge in [0.2, 0.25) is 5.91 Å². The molecule has 5 nitrogen and oxygen atoms in total. The summed E-state index contributed by atoms with van der Waals surface area (Å²) in [5.74, 6) is 0.824. The molecular formula is C15H28N2O3. The van der Waals surface area contributed by atoms with Crippen molar-refractivity contribution < 1.29 is 14.6 Å². The molecule has 1 saturated heterocycles. The van der Waals surface area contributed by atoms with Gasteiger partial charge in [0, 0.05) is 19.8 Å². The van der Waals surface area contributed by atoms with Crippen molar-refractivity contribution in [1.29, 1.82) is 0 Å². The molecular weight excluding hydrogens is 256 g/mol. The summed E-state index contributed by atoms with van der Waals surface area (Å²) in [5, 5.41) is 15.5. The van der Waals surface area contributed by atoms with Crippen molar-refractivity contribution in [3.05, 3.63) is 0 Å². The van der Waals surface area contributed by atoms with Gasteiger partial charge in [0.25, 0.3) is 0 Å². The minimum absolute atomic E-state index is 0.0597. The Kier molecular flexibility index (Phi) is 6.26. The SMILES string of the molecule is COCC(CCO)NC(=O)C1CCC2CCCCC2N1. The number of rotatable bonds is 6. The van der Waals surface area contributed by atoms with Crippen molar-refractivity contribution in [2.75, 3.05) is 20.3 Å². The lowest BCUT2D eigenvalue weighted by molar-refractivity contribution is -0.125. The monoisotopic (exact) mass is 284 g/mol. The number of aliphatic hydroxyl groups is 1. The van der Waals surface area contributed by atoms with Gasteiger partial charge in [-0.2, -0.15) is 0 Å². The van der Waals surface area contributed by atoms with Gasteiger partial charge in [0.05, 0.1) is 18.7 Å². The highest BCUT2D eigenvalue weighted by molar-refractivity contribution is 5.82. The summed E-state index contributed by atoms with van der Waals surface area (Å²) in [6.07, 6.45) is 7.75. The van der Waals surface area contributed by atoms with Crippen LogP contribution >= 0.6 is 0 Å². The highest BCUT2D eigenvalue weighted by Gasteiger charge is 2.34. The fourth-order valence-electron chi connectivity index (χ4n) is 3.56. The number of aliphatic hydroxyl groups excluding tert-OH is 1. The van der Waals surface area contributed by atoms with Gasteiger partial charge in [0.1, 0.15) is 0 Å². The van der Waals surface area contributed by atoms with Crippen LogP contribution < -0.4 is 10.6 Å². The number of ether oxygens (including phenoxy) is 1. The Bertz CT molecular complexity index is 305. The molecule has 1 heterocycles. The number of piperidine rings is 1. The van der Waals surface area contributed by atoms with Crippen LogP contribution in [0, 0.1) is 5.92 Å². The maximum absolute atomic E-state index is 12.3. The highest BCUT2D eigenvalue weighted by atomic mass is 16.5. The van der Waals surface area contributed by atoms with Crippen molar-refractivity contribution in [1.82, 2.24) is 10.6 Å². The van der Waals surface area contributed by atoms with Crippen molar-refractivity contribution in [2.45, 2.75) is 63.1 Å². The molecule has 3 N–H and O–H groups in total. The Morgan fingerprint density at radius 3 is 2.90 bits per heavy atom. The zero-order valence-corrected chi connectivity index (χ0v) is 12.4. The molecule has 1 saturated carbocycles. The van der Waals surface area contributed by atoms with Gasteiger partial charge in [-0.3, -0.25) is 4.79 Å². The van der Waals surface area contributed by atoms with E-state index in [0.29, 0.717) is 19.1 Å². The Morgan fingerprint density at radius 2 is 2.15 bits per heavy atom. The van der Waals surface area contributed by atoms with Crippen LogP contribution in [0.25, 0.3) is 0 Å². The molecule has 0 spiro atoms. The molecule has 2 rings (SSSR count). The zero-order valence-electron chi connectivity index (χ0n) is 12.4. The third-order valence-electron chi connectivity index (χ3n) is 4.66. The lowest BCUT2D eigenvalue weighted by atomic mass is 9.77. The molecule has 0 aromatic heterocycles. The second-order valence-corrected chi connectivity index (χ2v) is 6.12. The molecule has 4 unspecified atom stereocenters. The largest absolute Gasteiger partial charge is 0.396 e. The number of hydrogen-bond acceptors (Lipinski definition) is 4. The molecule has 2 fully saturated rings. The summed E-state index contributed by atoms with van der Waals surface area (Å²) in [7, 11) is 1.61.